The smallest absolute Gasteiger partial charge is 0.304 e. The molecule has 1 aliphatic carbocycles. The molecule has 0 spiro atoms. The fourth-order valence-electron chi connectivity index (χ4n) is 5.70. The number of ether oxygens (including phenoxy) is 2. The summed E-state index contributed by atoms with van der Waals surface area (Å²) < 4.78 is 39.2. The zero-order valence-corrected chi connectivity index (χ0v) is 25.2. The second-order valence-corrected chi connectivity index (χ2v) is 13.8. The third kappa shape index (κ3) is 7.25. The summed E-state index contributed by atoms with van der Waals surface area (Å²) in [6, 6.07) is 9.92. The van der Waals surface area contributed by atoms with Gasteiger partial charge >= 0.3 is 5.97 Å². The second kappa shape index (κ2) is 13.4. The number of aromatic nitrogens is 2. The van der Waals surface area contributed by atoms with E-state index in [0.29, 0.717) is 40.3 Å². The number of carboxylic acid groups (broad SMARTS) is 1. The van der Waals surface area contributed by atoms with E-state index in [1.165, 1.54) is 27.8 Å². The standard InChI is InChI=1S/C29H36N4O7S2/c1-39-25-13-12-24-28(31-25)41-29(30-24)32-27(36)23(17-19-5-2-3-6-19)20-8-10-22(11-9-20)42(37,38)33(15-14-26(34)35)18-21-7-4-16-40-21/h8-13,19,21,23H,2-7,14-18H2,1H3,(H,34,35)(H,30,32,36)/t21?,23-/m1/s1. The van der Waals surface area contributed by atoms with Crippen molar-refractivity contribution in [1.82, 2.24) is 14.3 Å². The summed E-state index contributed by atoms with van der Waals surface area (Å²) in [6.07, 6.45) is 6.06. The number of carbonyl (C=O) groups is 2. The quantitative estimate of drug-likeness (QED) is 0.280. The first kappa shape index (κ1) is 30.3. The van der Waals surface area contributed by atoms with Gasteiger partial charge in [0.1, 0.15) is 10.3 Å². The molecule has 2 aromatic heterocycles. The van der Waals surface area contributed by atoms with Gasteiger partial charge in [-0.25, -0.2) is 18.4 Å². The van der Waals surface area contributed by atoms with Crippen molar-refractivity contribution in [3.8, 4) is 5.88 Å². The molecule has 11 nitrogen and oxygen atoms in total. The van der Waals surface area contributed by atoms with Gasteiger partial charge in [-0.2, -0.15) is 4.31 Å². The SMILES string of the molecule is COc1ccc2nc(NC(=O)[C@H](CC3CCCC3)c3ccc(S(=O)(=O)N(CCC(=O)O)CC4CCCO4)cc3)sc2n1. The lowest BCUT2D eigenvalue weighted by Gasteiger charge is -2.25. The highest BCUT2D eigenvalue weighted by Crippen LogP contribution is 2.36. The van der Waals surface area contributed by atoms with E-state index >= 15 is 0 Å². The number of carboxylic acids is 1. The maximum absolute atomic E-state index is 13.6. The molecule has 3 aromatic rings. The molecule has 1 saturated carbocycles. The monoisotopic (exact) mass is 616 g/mol. The molecule has 5 rings (SSSR count). The molecule has 3 heterocycles. The Balaban J connectivity index is 1.36. The molecule has 2 fully saturated rings. The number of rotatable bonds is 13. The van der Waals surface area contributed by atoms with Gasteiger partial charge < -0.3 is 19.9 Å². The van der Waals surface area contributed by atoms with Crippen LogP contribution in [0, 0.1) is 5.92 Å². The van der Waals surface area contributed by atoms with Crippen LogP contribution in [0.1, 0.15) is 62.8 Å². The van der Waals surface area contributed by atoms with Crippen molar-refractivity contribution < 1.29 is 32.6 Å². The highest BCUT2D eigenvalue weighted by atomic mass is 32.2. The van der Waals surface area contributed by atoms with Gasteiger partial charge in [-0.3, -0.25) is 9.59 Å². The molecule has 1 aromatic carbocycles. The second-order valence-electron chi connectivity index (χ2n) is 10.8. The van der Waals surface area contributed by atoms with E-state index in [2.05, 4.69) is 15.3 Å². The van der Waals surface area contributed by atoms with Crippen LogP contribution in [-0.2, 0) is 24.3 Å². The Hall–Kier alpha value is -3.13. The van der Waals surface area contributed by atoms with E-state index < -0.39 is 21.9 Å². The van der Waals surface area contributed by atoms with Gasteiger partial charge in [0, 0.05) is 25.8 Å². The van der Waals surface area contributed by atoms with Gasteiger partial charge in [0.05, 0.1) is 30.4 Å². The summed E-state index contributed by atoms with van der Waals surface area (Å²) in [5.41, 5.74) is 1.38. The normalized spacial score (nSPS) is 18.5. The third-order valence-corrected chi connectivity index (χ3v) is 10.7. The van der Waals surface area contributed by atoms with Crippen molar-refractivity contribution in [1.29, 1.82) is 0 Å². The van der Waals surface area contributed by atoms with Gasteiger partial charge in [-0.15, -0.1) is 0 Å². The number of thiazole rings is 1. The number of nitrogens with zero attached hydrogens (tertiary/aromatic N) is 3. The Kier molecular flexibility index (Phi) is 9.71. The minimum atomic E-state index is -3.97. The predicted molar refractivity (Wildman–Crippen MR) is 158 cm³/mol. The Bertz CT molecular complexity index is 1500. The van der Waals surface area contributed by atoms with Crippen LogP contribution in [0.4, 0.5) is 5.13 Å². The number of pyridine rings is 1. The first-order valence-corrected chi connectivity index (χ1v) is 16.5. The Labute approximate surface area is 249 Å². The van der Waals surface area contributed by atoms with Crippen molar-refractivity contribution in [2.24, 2.45) is 5.92 Å². The lowest BCUT2D eigenvalue weighted by molar-refractivity contribution is -0.137. The van der Waals surface area contributed by atoms with Crippen LogP contribution in [0.5, 0.6) is 5.88 Å². The van der Waals surface area contributed by atoms with E-state index in [9.17, 15) is 23.1 Å². The third-order valence-electron chi connectivity index (χ3n) is 7.96. The Morgan fingerprint density at radius 2 is 1.88 bits per heavy atom. The van der Waals surface area contributed by atoms with Crippen molar-refractivity contribution in [2.45, 2.75) is 68.3 Å². The summed E-state index contributed by atoms with van der Waals surface area (Å²) in [7, 11) is -2.43. The van der Waals surface area contributed by atoms with E-state index in [-0.39, 0.29) is 36.4 Å². The number of anilines is 1. The number of carbonyl (C=O) groups excluding carboxylic acids is 1. The van der Waals surface area contributed by atoms with Gasteiger partial charge in [0.15, 0.2) is 5.13 Å². The van der Waals surface area contributed by atoms with Crippen molar-refractivity contribution >= 4 is 48.7 Å². The fraction of sp³-hybridized carbons (Fsp3) is 0.517. The van der Waals surface area contributed by atoms with E-state index in [1.807, 2.05) is 0 Å². The Morgan fingerprint density at radius 3 is 2.55 bits per heavy atom. The number of aliphatic carboxylic acids is 1. The topological polar surface area (TPSA) is 148 Å². The summed E-state index contributed by atoms with van der Waals surface area (Å²) in [4.78, 5) is 34.5. The molecule has 2 aliphatic rings. The summed E-state index contributed by atoms with van der Waals surface area (Å²) >= 11 is 1.27. The van der Waals surface area contributed by atoms with Crippen molar-refractivity contribution in [3.05, 3.63) is 42.0 Å². The number of benzene rings is 1. The number of nitrogens with one attached hydrogen (secondary N) is 1. The zero-order chi connectivity index (χ0) is 29.7. The molecule has 2 atom stereocenters. The molecule has 1 aliphatic heterocycles. The van der Waals surface area contributed by atoms with Gasteiger partial charge in [-0.1, -0.05) is 49.2 Å². The molecular formula is C29H36N4O7S2. The summed E-state index contributed by atoms with van der Waals surface area (Å²) in [5, 5.41) is 12.6. The average molecular weight is 617 g/mol. The largest absolute Gasteiger partial charge is 0.481 e. The average Bonchev–Trinajstić information content (AvgIpc) is 3.76. The van der Waals surface area contributed by atoms with E-state index in [4.69, 9.17) is 9.47 Å². The number of hydrogen-bond donors (Lipinski definition) is 2. The maximum Gasteiger partial charge on any atom is 0.304 e. The van der Waals surface area contributed by atoms with Crippen molar-refractivity contribution in [3.63, 3.8) is 0 Å². The lowest BCUT2D eigenvalue weighted by atomic mass is 9.87. The maximum atomic E-state index is 13.6. The number of fused-ring (bicyclic) bond motifs is 1. The number of sulfonamides is 1. The van der Waals surface area contributed by atoms with Crippen molar-refractivity contribution in [2.75, 3.05) is 32.1 Å². The minimum Gasteiger partial charge on any atom is -0.481 e. The molecular weight excluding hydrogens is 580 g/mol. The highest BCUT2D eigenvalue weighted by Gasteiger charge is 2.31. The molecule has 1 saturated heterocycles. The lowest BCUT2D eigenvalue weighted by Crippen LogP contribution is -2.38. The van der Waals surface area contributed by atoms with Crippen LogP contribution in [0.25, 0.3) is 10.3 Å². The molecule has 0 bridgehead atoms. The number of hydrogen-bond acceptors (Lipinski definition) is 9. The van der Waals surface area contributed by atoms with E-state index in [1.54, 1.807) is 31.4 Å². The Morgan fingerprint density at radius 1 is 1.12 bits per heavy atom. The van der Waals surface area contributed by atoms with Crippen LogP contribution >= 0.6 is 11.3 Å². The number of methoxy groups -OCH3 is 1. The molecule has 13 heteroatoms. The summed E-state index contributed by atoms with van der Waals surface area (Å²) in [6.45, 7) is 0.528. The zero-order valence-electron chi connectivity index (χ0n) is 23.5. The molecule has 42 heavy (non-hydrogen) atoms. The number of amides is 1. The van der Waals surface area contributed by atoms with Crippen LogP contribution in [0.2, 0.25) is 0 Å². The summed E-state index contributed by atoms with van der Waals surface area (Å²) in [5.74, 6) is -0.889. The van der Waals surface area contributed by atoms with Gasteiger partial charge in [0.2, 0.25) is 21.8 Å². The minimum absolute atomic E-state index is 0.0563. The molecule has 226 valence electrons. The van der Waals surface area contributed by atoms with Gasteiger partial charge in [-0.05, 0) is 48.9 Å². The predicted octanol–water partition coefficient (Wildman–Crippen LogP) is 4.65. The first-order chi connectivity index (χ1) is 20.2. The van der Waals surface area contributed by atoms with Crippen LogP contribution in [0.15, 0.2) is 41.3 Å². The molecule has 2 N–H and O–H groups in total. The van der Waals surface area contributed by atoms with Crippen LogP contribution < -0.4 is 10.1 Å². The van der Waals surface area contributed by atoms with Crippen LogP contribution in [-0.4, -0.2) is 72.6 Å². The molecule has 1 unspecified atom stereocenters. The first-order valence-electron chi connectivity index (χ1n) is 14.3. The molecule has 1 amide bonds. The van der Waals surface area contributed by atoms with E-state index in [0.717, 1.165) is 44.1 Å². The van der Waals surface area contributed by atoms with Crippen LogP contribution in [0.3, 0.4) is 0 Å². The fourth-order valence-corrected chi connectivity index (χ4v) is 8.01. The molecule has 0 radical (unpaired) electrons. The highest BCUT2D eigenvalue weighted by molar-refractivity contribution is 7.89. The van der Waals surface area contributed by atoms with Gasteiger partial charge in [0.25, 0.3) is 0 Å².